The predicted molar refractivity (Wildman–Crippen MR) is 53.9 cm³/mol. The summed E-state index contributed by atoms with van der Waals surface area (Å²) in [5.41, 5.74) is -1.44. The van der Waals surface area contributed by atoms with Crippen LogP contribution in [-0.2, 0) is 4.79 Å². The molecule has 98 valence electrons. The molecule has 0 fully saturated rings. The molecule has 0 spiro atoms. The zero-order valence-electron chi connectivity index (χ0n) is 9.38. The Balaban J connectivity index is 3.56. The van der Waals surface area contributed by atoms with Gasteiger partial charge in [-0.15, -0.1) is 0 Å². The molecule has 0 aliphatic carbocycles. The quantitative estimate of drug-likeness (QED) is 0.394. The van der Waals surface area contributed by atoms with Gasteiger partial charge in [-0.25, -0.2) is 22.0 Å². The van der Waals surface area contributed by atoms with Crippen molar-refractivity contribution in [2.75, 3.05) is 7.05 Å². The standard InChI is InChI=1S/C11H8F5NO/c1-4(18)6(17-2)3-5-7(12)9(14)11(16)10(15)8(5)13/h3,17H,1-2H3/b6-3+. The van der Waals surface area contributed by atoms with Crippen molar-refractivity contribution >= 4 is 11.9 Å². The van der Waals surface area contributed by atoms with Crippen LogP contribution in [0.1, 0.15) is 12.5 Å². The second-order valence-electron chi connectivity index (χ2n) is 3.35. The van der Waals surface area contributed by atoms with Crippen LogP contribution in [0.25, 0.3) is 6.08 Å². The van der Waals surface area contributed by atoms with E-state index in [9.17, 15) is 26.7 Å². The fourth-order valence-corrected chi connectivity index (χ4v) is 1.24. The summed E-state index contributed by atoms with van der Waals surface area (Å²) < 4.78 is 65.0. The van der Waals surface area contributed by atoms with E-state index in [4.69, 9.17) is 0 Å². The van der Waals surface area contributed by atoms with E-state index in [0.717, 1.165) is 6.92 Å². The molecule has 1 rings (SSSR count). The molecule has 7 heteroatoms. The highest BCUT2D eigenvalue weighted by atomic mass is 19.2. The van der Waals surface area contributed by atoms with Gasteiger partial charge in [-0.3, -0.25) is 4.79 Å². The van der Waals surface area contributed by atoms with Gasteiger partial charge in [0.15, 0.2) is 29.1 Å². The van der Waals surface area contributed by atoms with E-state index >= 15 is 0 Å². The highest BCUT2D eigenvalue weighted by Crippen LogP contribution is 2.24. The van der Waals surface area contributed by atoms with Crippen LogP contribution < -0.4 is 5.32 Å². The van der Waals surface area contributed by atoms with Crippen LogP contribution in [0.4, 0.5) is 22.0 Å². The molecule has 18 heavy (non-hydrogen) atoms. The molecule has 0 saturated carbocycles. The van der Waals surface area contributed by atoms with Crippen LogP contribution in [0.5, 0.6) is 0 Å². The number of halogens is 5. The molecule has 1 aromatic rings. The van der Waals surface area contributed by atoms with Gasteiger partial charge < -0.3 is 5.32 Å². The summed E-state index contributed by atoms with van der Waals surface area (Å²) in [6, 6.07) is 0. The Morgan fingerprint density at radius 2 is 1.33 bits per heavy atom. The Morgan fingerprint density at radius 1 is 0.944 bits per heavy atom. The van der Waals surface area contributed by atoms with Crippen molar-refractivity contribution in [3.63, 3.8) is 0 Å². The van der Waals surface area contributed by atoms with Crippen molar-refractivity contribution in [2.24, 2.45) is 0 Å². The van der Waals surface area contributed by atoms with Crippen molar-refractivity contribution in [1.82, 2.24) is 5.32 Å². The molecule has 0 aliphatic heterocycles. The second kappa shape index (κ2) is 5.16. The highest BCUT2D eigenvalue weighted by Gasteiger charge is 2.25. The Morgan fingerprint density at radius 3 is 1.67 bits per heavy atom. The number of likely N-dealkylation sites (N-methyl/N-ethyl adjacent to an activating group) is 1. The minimum Gasteiger partial charge on any atom is -0.385 e. The molecule has 0 bridgehead atoms. The molecule has 0 saturated heterocycles. The zero-order chi connectivity index (χ0) is 14.0. The number of hydrogen-bond donors (Lipinski definition) is 1. The Hall–Kier alpha value is -1.92. The van der Waals surface area contributed by atoms with Crippen molar-refractivity contribution in [3.05, 3.63) is 40.3 Å². The van der Waals surface area contributed by atoms with E-state index in [0.29, 0.717) is 6.08 Å². The lowest BCUT2D eigenvalue weighted by Crippen LogP contribution is -2.14. The molecule has 1 aromatic carbocycles. The number of hydrogen-bond acceptors (Lipinski definition) is 2. The van der Waals surface area contributed by atoms with Gasteiger partial charge in [0.2, 0.25) is 5.82 Å². The van der Waals surface area contributed by atoms with Gasteiger partial charge in [-0.2, -0.15) is 0 Å². The highest BCUT2D eigenvalue weighted by molar-refractivity contribution is 5.97. The minimum absolute atomic E-state index is 0.279. The maximum absolute atomic E-state index is 13.3. The molecule has 0 aromatic heterocycles. The molecule has 2 nitrogen and oxygen atoms in total. The van der Waals surface area contributed by atoms with E-state index in [-0.39, 0.29) is 5.70 Å². The lowest BCUT2D eigenvalue weighted by Gasteiger charge is -2.07. The lowest BCUT2D eigenvalue weighted by atomic mass is 10.1. The van der Waals surface area contributed by atoms with Gasteiger partial charge in [0.05, 0.1) is 11.3 Å². The second-order valence-corrected chi connectivity index (χ2v) is 3.35. The Bertz CT molecular complexity index is 510. The first kappa shape index (κ1) is 14.1. The topological polar surface area (TPSA) is 29.1 Å². The van der Waals surface area contributed by atoms with Gasteiger partial charge >= 0.3 is 0 Å². The Kier molecular flexibility index (Phi) is 4.05. The first-order valence-electron chi connectivity index (χ1n) is 4.73. The zero-order valence-corrected chi connectivity index (χ0v) is 9.38. The lowest BCUT2D eigenvalue weighted by molar-refractivity contribution is -0.113. The summed E-state index contributed by atoms with van der Waals surface area (Å²) in [7, 11) is 1.28. The molecule has 0 radical (unpaired) electrons. The normalized spacial score (nSPS) is 11.6. The van der Waals surface area contributed by atoms with Crippen LogP contribution in [0.15, 0.2) is 5.70 Å². The van der Waals surface area contributed by atoms with Crippen molar-refractivity contribution in [2.45, 2.75) is 6.92 Å². The van der Waals surface area contributed by atoms with Crippen LogP contribution in [0.3, 0.4) is 0 Å². The average molecular weight is 265 g/mol. The summed E-state index contributed by atoms with van der Waals surface area (Å²) >= 11 is 0. The molecular weight excluding hydrogens is 257 g/mol. The molecule has 1 N–H and O–H groups in total. The van der Waals surface area contributed by atoms with Gasteiger partial charge in [-0.1, -0.05) is 0 Å². The molecule has 0 unspecified atom stereocenters. The van der Waals surface area contributed by atoms with E-state index in [1.165, 1.54) is 7.05 Å². The summed E-state index contributed by atoms with van der Waals surface area (Å²) in [5.74, 6) is -10.9. The number of carbonyl (C=O) groups excluding carboxylic acids is 1. The third-order valence-corrected chi connectivity index (χ3v) is 2.18. The minimum atomic E-state index is -2.24. The number of rotatable bonds is 3. The number of benzene rings is 1. The molecule has 0 heterocycles. The smallest absolute Gasteiger partial charge is 0.200 e. The van der Waals surface area contributed by atoms with E-state index in [1.807, 2.05) is 0 Å². The van der Waals surface area contributed by atoms with E-state index in [2.05, 4.69) is 5.32 Å². The summed E-state index contributed by atoms with van der Waals surface area (Å²) in [6.07, 6.45) is 0.568. The van der Waals surface area contributed by atoms with Crippen molar-refractivity contribution in [1.29, 1.82) is 0 Å². The van der Waals surface area contributed by atoms with Gasteiger partial charge in [0.25, 0.3) is 0 Å². The van der Waals surface area contributed by atoms with Crippen LogP contribution >= 0.6 is 0 Å². The number of carbonyl (C=O) groups is 1. The number of Topliss-reactive ketones (excluding diaryl/α,β-unsaturated/α-hetero) is 1. The average Bonchev–Trinajstić information content (AvgIpc) is 2.34. The molecule has 0 amide bonds. The largest absolute Gasteiger partial charge is 0.385 e. The first-order chi connectivity index (χ1) is 8.31. The Labute approximate surface area is 99.1 Å². The maximum Gasteiger partial charge on any atom is 0.200 e. The molecular formula is C11H8F5NO. The fraction of sp³-hybridized carbons (Fsp3) is 0.182. The van der Waals surface area contributed by atoms with Gasteiger partial charge in [0.1, 0.15) is 0 Å². The fourth-order valence-electron chi connectivity index (χ4n) is 1.24. The summed E-state index contributed by atoms with van der Waals surface area (Å²) in [6.45, 7) is 1.08. The van der Waals surface area contributed by atoms with E-state index in [1.54, 1.807) is 0 Å². The third-order valence-electron chi connectivity index (χ3n) is 2.18. The molecule has 0 aliphatic rings. The summed E-state index contributed by atoms with van der Waals surface area (Å²) in [5, 5.41) is 2.30. The molecule has 0 atom stereocenters. The van der Waals surface area contributed by atoms with Crippen LogP contribution in [0, 0.1) is 29.1 Å². The maximum atomic E-state index is 13.3. The van der Waals surface area contributed by atoms with Crippen molar-refractivity contribution < 1.29 is 26.7 Å². The number of ketones is 1. The van der Waals surface area contributed by atoms with Crippen LogP contribution in [-0.4, -0.2) is 12.8 Å². The predicted octanol–water partition coefficient (Wildman–Crippen LogP) is 2.53. The van der Waals surface area contributed by atoms with Gasteiger partial charge in [-0.05, 0) is 6.08 Å². The summed E-state index contributed by atoms with van der Waals surface area (Å²) in [4.78, 5) is 11.0. The number of allylic oxidation sites excluding steroid dienone is 1. The third kappa shape index (κ3) is 2.34. The first-order valence-corrected chi connectivity index (χ1v) is 4.73. The SMILES string of the molecule is CN/C(=C/c1c(F)c(F)c(F)c(F)c1F)C(C)=O. The monoisotopic (exact) mass is 265 g/mol. The van der Waals surface area contributed by atoms with Gasteiger partial charge in [0, 0.05) is 14.0 Å². The number of nitrogens with one attached hydrogen (secondary N) is 1. The van der Waals surface area contributed by atoms with Crippen molar-refractivity contribution in [3.8, 4) is 0 Å². The van der Waals surface area contributed by atoms with E-state index < -0.39 is 40.4 Å². The van der Waals surface area contributed by atoms with Crippen LogP contribution in [0.2, 0.25) is 0 Å².